The fraction of sp³-hybridized carbons (Fsp3) is 0. The fourth-order valence-corrected chi connectivity index (χ4v) is 0. The van der Waals surface area contributed by atoms with E-state index in [1.54, 1.807) is 0 Å². The van der Waals surface area contributed by atoms with E-state index >= 15 is 0 Å². The van der Waals surface area contributed by atoms with Gasteiger partial charge in [-0.25, -0.2) is 0 Å². The van der Waals surface area contributed by atoms with Gasteiger partial charge in [-0.3, -0.25) is 0 Å². The maximum atomic E-state index is 0. The van der Waals surface area contributed by atoms with E-state index in [9.17, 15) is 0 Å². The van der Waals surface area contributed by atoms with Crippen molar-refractivity contribution < 1.29 is 39.4 Å². The van der Waals surface area contributed by atoms with Crippen LogP contribution in [0.15, 0.2) is 0 Å². The molecule has 0 rings (SSSR count). The first-order valence-electron chi connectivity index (χ1n) is 0. The molecule has 0 bridgehead atoms. The van der Waals surface area contributed by atoms with Crippen LogP contribution in [0.25, 0.3) is 0 Å². The minimum atomic E-state index is 0. The van der Waals surface area contributed by atoms with Gasteiger partial charge in [0.2, 0.25) is 0 Å². The summed E-state index contributed by atoms with van der Waals surface area (Å²) in [6.45, 7) is 0. The van der Waals surface area contributed by atoms with Crippen LogP contribution in [0.3, 0.4) is 0 Å². The zero-order valence-electron chi connectivity index (χ0n) is 1.31. The van der Waals surface area contributed by atoms with Crippen LogP contribution in [0.5, 0.6) is 0 Å². The quantitative estimate of drug-likeness (QED) is 0.219. The molecule has 0 atom stereocenters. The van der Waals surface area contributed by atoms with E-state index in [4.69, 9.17) is 0 Å². The molecule has 0 amide bonds. The zero-order chi connectivity index (χ0) is 0. The molecule has 0 fully saturated rings. The van der Waals surface area contributed by atoms with Gasteiger partial charge in [0.05, 0.1) is 0 Å². The first-order chi connectivity index (χ1) is 0. The minimum absolute atomic E-state index is 0. The summed E-state index contributed by atoms with van der Waals surface area (Å²) in [5, 5.41) is 0. The van der Waals surface area contributed by atoms with Gasteiger partial charge in [-0.15, -0.1) is 0 Å². The van der Waals surface area contributed by atoms with Gasteiger partial charge in [-0.05, 0) is 21.9 Å². The summed E-state index contributed by atoms with van der Waals surface area (Å²) in [4.78, 5) is 0. The van der Waals surface area contributed by atoms with Crippen LogP contribution in [0.4, 0.5) is 0 Å². The fourth-order valence-electron chi connectivity index (χ4n) is 0. The Kier molecular flexibility index (Phi) is 651. The van der Waals surface area contributed by atoms with Crippen LogP contribution in [-0.4, -0.2) is 107 Å². The summed E-state index contributed by atoms with van der Waals surface area (Å²) < 4.78 is 0. The van der Waals surface area contributed by atoms with E-state index in [-0.39, 0.29) is 146 Å². The third-order valence-corrected chi connectivity index (χ3v) is 0. The molecule has 0 aromatic carbocycles. The Labute approximate surface area is 143 Å². The first kappa shape index (κ1) is 82.5. The van der Waals surface area contributed by atoms with E-state index in [1.807, 2.05) is 0 Å². The van der Waals surface area contributed by atoms with Gasteiger partial charge < -0.3 is 0 Å². The van der Waals surface area contributed by atoms with Crippen molar-refractivity contribution in [2.24, 2.45) is 0 Å². The molecule has 0 N–H and O–H groups in total. The molecule has 0 aliphatic rings. The van der Waals surface area contributed by atoms with Crippen molar-refractivity contribution in [2.45, 2.75) is 0 Å². The molecule has 8 heavy (non-hydrogen) atoms. The average molecular weight is 717 g/mol. The summed E-state index contributed by atoms with van der Waals surface area (Å²) in [5.41, 5.74) is 0. The Morgan fingerprint density at radius 2 is 0.750 bits per heavy atom. The maximum absolute atomic E-state index is 0. The second kappa shape index (κ2) is 63.2. The zero-order valence-corrected chi connectivity index (χ0v) is 8.45. The molecule has 0 nitrogen and oxygen atoms in total. The summed E-state index contributed by atoms with van der Waals surface area (Å²) in [6, 6.07) is 0. The van der Waals surface area contributed by atoms with Crippen molar-refractivity contribution in [1.29, 1.82) is 0 Å². The van der Waals surface area contributed by atoms with Crippen molar-refractivity contribution in [2.75, 3.05) is 0 Å². The predicted octanol–water partition coefficient (Wildman–Crippen LogP) is -7.91. The van der Waals surface area contributed by atoms with Crippen molar-refractivity contribution in [3.8, 4) is 0 Å². The van der Waals surface area contributed by atoms with Gasteiger partial charge in [0.1, 0.15) is 0 Å². The average Bonchev–Trinajstić information content (AvgIpc) is 0. The molecular formula is H21AuCuGe2InSi2Sn. The number of hydrogen-bond acceptors (Lipinski definition) is 0. The van der Waals surface area contributed by atoms with Gasteiger partial charge in [0.25, 0.3) is 0 Å². The monoisotopic (exact) mass is 720 g/mol. The first-order valence-corrected chi connectivity index (χ1v) is 0. The number of rotatable bonds is 0. The molecule has 0 aromatic rings. The molecule has 0 unspecified atom stereocenters. The van der Waals surface area contributed by atoms with E-state index < -0.39 is 0 Å². The molecular weight excluding hydrogens is 695 g/mol. The molecule has 0 aliphatic carbocycles. The topological polar surface area (TPSA) is 0 Å². The van der Waals surface area contributed by atoms with Gasteiger partial charge >= 0.3 is 84.9 Å². The summed E-state index contributed by atoms with van der Waals surface area (Å²) in [5.74, 6) is 0. The van der Waals surface area contributed by atoms with Crippen molar-refractivity contribution in [3.05, 3.63) is 0 Å². The Bertz CT molecular complexity index is 20.0. The number of hydrogen-bond donors (Lipinski definition) is 0. The van der Waals surface area contributed by atoms with E-state index in [0.717, 1.165) is 0 Å². The Morgan fingerprint density at radius 1 is 0.750 bits per heavy atom. The van der Waals surface area contributed by atoms with Crippen molar-refractivity contribution in [3.63, 3.8) is 0 Å². The van der Waals surface area contributed by atoms with Crippen LogP contribution in [0.2, 0.25) is 0 Å². The third-order valence-electron chi connectivity index (χ3n) is 0. The van der Waals surface area contributed by atoms with Gasteiger partial charge in [0.15, 0.2) is 0 Å². The molecule has 0 aromatic heterocycles. The normalized spacial score (nSPS) is 0. The predicted molar refractivity (Wildman–Crippen MR) is 63.8 cm³/mol. The Balaban J connectivity index is 0. The Morgan fingerprint density at radius 3 is 0.750 bits per heavy atom. The second-order valence-corrected chi connectivity index (χ2v) is 0. The molecule has 66 valence electrons. The van der Waals surface area contributed by atoms with Gasteiger partial charge in [-0.1, -0.05) is 0 Å². The SMILES string of the molecule is [Au].[Cu].[GeH4].[GeH4].[InH3].[SiH4].[SiH4].[SnH2]. The molecule has 4 radical (unpaired) electrons. The molecule has 0 saturated carbocycles. The summed E-state index contributed by atoms with van der Waals surface area (Å²) >= 11 is 0. The van der Waals surface area contributed by atoms with E-state index in [1.165, 1.54) is 0 Å². The van der Waals surface area contributed by atoms with Crippen LogP contribution in [-0.2, 0) is 39.4 Å². The molecule has 0 saturated heterocycles. The van der Waals surface area contributed by atoms with Crippen LogP contribution in [0.1, 0.15) is 0 Å². The van der Waals surface area contributed by atoms with E-state index in [2.05, 4.69) is 0 Å². The summed E-state index contributed by atoms with van der Waals surface area (Å²) in [7, 11) is 0. The molecule has 8 heteroatoms. The van der Waals surface area contributed by atoms with Crippen molar-refractivity contribution >= 4 is 107 Å². The van der Waals surface area contributed by atoms with Crippen LogP contribution < -0.4 is 0 Å². The second-order valence-electron chi connectivity index (χ2n) is 0. The van der Waals surface area contributed by atoms with Gasteiger partial charge in [-0.2, -0.15) is 0 Å². The molecule has 0 spiro atoms. The van der Waals surface area contributed by atoms with Crippen LogP contribution >= 0.6 is 0 Å². The van der Waals surface area contributed by atoms with Crippen LogP contribution in [0, 0.1) is 0 Å². The van der Waals surface area contributed by atoms with Gasteiger partial charge in [0, 0.05) is 39.4 Å². The third kappa shape index (κ3) is 47.1. The summed E-state index contributed by atoms with van der Waals surface area (Å²) in [6.07, 6.45) is 0. The van der Waals surface area contributed by atoms with Crippen molar-refractivity contribution in [1.82, 2.24) is 0 Å². The standard InChI is InChI=1S/Au.Cu.2GeH4.In.2H4Si.Sn.5H/h;;2*1H4;;2*1H4;;;;;;. The molecule has 0 heterocycles. The Hall–Kier alpha value is 4.45. The van der Waals surface area contributed by atoms with E-state index in [0.29, 0.717) is 0 Å². The molecule has 0 aliphatic heterocycles.